The summed E-state index contributed by atoms with van der Waals surface area (Å²) in [6.07, 6.45) is 5.62. The van der Waals surface area contributed by atoms with E-state index in [1.54, 1.807) is 11.3 Å². The number of aromatic nitrogens is 2. The van der Waals surface area contributed by atoms with Gasteiger partial charge in [-0.2, -0.15) is 0 Å². The summed E-state index contributed by atoms with van der Waals surface area (Å²) >= 11 is 5.29. The van der Waals surface area contributed by atoms with Gasteiger partial charge < -0.3 is 4.98 Å². The maximum atomic E-state index is 12.7. The molecule has 1 aliphatic carbocycles. The van der Waals surface area contributed by atoms with Gasteiger partial charge in [-0.05, 0) is 61.9 Å². The minimum absolute atomic E-state index is 0.0441. The molecule has 0 saturated carbocycles. The van der Waals surface area contributed by atoms with Crippen LogP contribution in [0.2, 0.25) is 0 Å². The Morgan fingerprint density at radius 3 is 3.12 bits per heavy atom. The normalized spacial score (nSPS) is 20.1. The Hall–Kier alpha value is -1.50. The first-order chi connectivity index (χ1) is 12.7. The van der Waals surface area contributed by atoms with Gasteiger partial charge in [-0.15, -0.1) is 11.3 Å². The van der Waals surface area contributed by atoms with Crippen molar-refractivity contribution < 1.29 is 0 Å². The molecule has 1 atom stereocenters. The van der Waals surface area contributed by atoms with E-state index in [0.717, 1.165) is 46.3 Å². The third kappa shape index (κ3) is 2.84. The molecule has 134 valence electrons. The molecule has 6 heteroatoms. The number of halogens is 1. The van der Waals surface area contributed by atoms with E-state index in [1.165, 1.54) is 28.8 Å². The van der Waals surface area contributed by atoms with Crippen molar-refractivity contribution in [3.8, 4) is 0 Å². The zero-order valence-electron chi connectivity index (χ0n) is 14.4. The van der Waals surface area contributed by atoms with Gasteiger partial charge in [-0.25, -0.2) is 4.98 Å². The minimum atomic E-state index is 0.0441. The quantitative estimate of drug-likeness (QED) is 0.662. The molecule has 1 unspecified atom stereocenters. The second-order valence-electron chi connectivity index (χ2n) is 7.23. The molecule has 3 aromatic rings. The Bertz CT molecular complexity index is 1040. The number of fused-ring (bicyclic) bond motifs is 3. The highest BCUT2D eigenvalue weighted by Crippen LogP contribution is 2.36. The van der Waals surface area contributed by atoms with Crippen LogP contribution < -0.4 is 5.56 Å². The van der Waals surface area contributed by atoms with Crippen LogP contribution in [0.3, 0.4) is 0 Å². The fourth-order valence-corrected chi connectivity index (χ4v) is 6.12. The number of nitrogens with zero attached hydrogens (tertiary/aromatic N) is 2. The van der Waals surface area contributed by atoms with Crippen LogP contribution in [0.15, 0.2) is 33.5 Å². The summed E-state index contributed by atoms with van der Waals surface area (Å²) in [5.41, 5.74) is 2.62. The van der Waals surface area contributed by atoms with E-state index in [-0.39, 0.29) is 5.56 Å². The molecule has 1 N–H and O–H groups in total. The fourth-order valence-electron chi connectivity index (χ4n) is 4.42. The molecule has 1 fully saturated rings. The molecule has 0 spiro atoms. The van der Waals surface area contributed by atoms with Crippen molar-refractivity contribution in [3.63, 3.8) is 0 Å². The van der Waals surface area contributed by atoms with E-state index < -0.39 is 0 Å². The van der Waals surface area contributed by atoms with Gasteiger partial charge in [0.15, 0.2) is 0 Å². The van der Waals surface area contributed by atoms with E-state index in [1.807, 2.05) is 0 Å². The topological polar surface area (TPSA) is 49.0 Å². The van der Waals surface area contributed by atoms with Gasteiger partial charge in [0, 0.05) is 15.4 Å². The van der Waals surface area contributed by atoms with E-state index >= 15 is 0 Å². The molecule has 0 bridgehead atoms. The smallest absolute Gasteiger partial charge is 0.259 e. The van der Waals surface area contributed by atoms with Gasteiger partial charge in [0.2, 0.25) is 0 Å². The van der Waals surface area contributed by atoms with Crippen molar-refractivity contribution in [2.24, 2.45) is 0 Å². The lowest BCUT2D eigenvalue weighted by atomic mass is 10.0. The SMILES string of the molecule is O=c1[nH]c(CN2CCCC2c2cccc(Br)c2)nc2sc3c(c12)CCC3. The summed E-state index contributed by atoms with van der Waals surface area (Å²) < 4.78 is 1.11. The minimum Gasteiger partial charge on any atom is -0.309 e. The first kappa shape index (κ1) is 16.7. The van der Waals surface area contributed by atoms with Crippen molar-refractivity contribution in [2.75, 3.05) is 6.54 Å². The Morgan fingerprint density at radius 2 is 2.23 bits per heavy atom. The maximum absolute atomic E-state index is 12.7. The molecule has 2 aromatic heterocycles. The van der Waals surface area contributed by atoms with Crippen molar-refractivity contribution >= 4 is 37.5 Å². The van der Waals surface area contributed by atoms with Gasteiger partial charge >= 0.3 is 0 Å². The standard InChI is InChI=1S/C20H20BrN3OS/c21-13-5-1-4-12(10-13)15-7-3-9-24(15)11-17-22-19(25)18-14-6-2-8-16(14)26-20(18)23-17/h1,4-5,10,15H,2-3,6-9,11H2,(H,22,23,25). The summed E-state index contributed by atoms with van der Waals surface area (Å²) in [7, 11) is 0. The maximum Gasteiger partial charge on any atom is 0.259 e. The molecule has 1 aromatic carbocycles. The molecule has 0 radical (unpaired) electrons. The number of H-pyrrole nitrogens is 1. The molecule has 1 saturated heterocycles. The summed E-state index contributed by atoms with van der Waals surface area (Å²) in [6, 6.07) is 8.94. The number of hydrogen-bond donors (Lipinski definition) is 1. The lowest BCUT2D eigenvalue weighted by molar-refractivity contribution is 0.242. The number of hydrogen-bond acceptors (Lipinski definition) is 4. The largest absolute Gasteiger partial charge is 0.309 e. The fraction of sp³-hybridized carbons (Fsp3) is 0.400. The first-order valence-electron chi connectivity index (χ1n) is 9.22. The summed E-state index contributed by atoms with van der Waals surface area (Å²) in [6.45, 7) is 1.74. The van der Waals surface area contributed by atoms with Crippen LogP contribution in [0, 0.1) is 0 Å². The Labute approximate surface area is 164 Å². The number of aromatic amines is 1. The third-order valence-corrected chi connectivity index (χ3v) is 7.25. The predicted molar refractivity (Wildman–Crippen MR) is 109 cm³/mol. The zero-order chi connectivity index (χ0) is 17.7. The lowest BCUT2D eigenvalue weighted by Gasteiger charge is -2.24. The predicted octanol–water partition coefficient (Wildman–Crippen LogP) is 4.57. The number of likely N-dealkylation sites (tertiary alicyclic amines) is 1. The number of rotatable bonds is 3. The number of thiophene rings is 1. The van der Waals surface area contributed by atoms with Gasteiger partial charge in [0.25, 0.3) is 5.56 Å². The number of benzene rings is 1. The summed E-state index contributed by atoms with van der Waals surface area (Å²) in [5.74, 6) is 0.796. The monoisotopic (exact) mass is 429 g/mol. The lowest BCUT2D eigenvalue weighted by Crippen LogP contribution is -2.25. The Kier molecular flexibility index (Phi) is 4.22. The van der Waals surface area contributed by atoms with Crippen LogP contribution in [0.1, 0.15) is 47.1 Å². The molecule has 2 aliphatic rings. The van der Waals surface area contributed by atoms with E-state index in [2.05, 4.69) is 50.1 Å². The third-order valence-electron chi connectivity index (χ3n) is 5.57. The molecule has 1 aliphatic heterocycles. The highest BCUT2D eigenvalue weighted by molar-refractivity contribution is 9.10. The van der Waals surface area contributed by atoms with Crippen LogP contribution in [0.25, 0.3) is 10.2 Å². The second kappa shape index (κ2) is 6.59. The van der Waals surface area contributed by atoms with E-state index in [4.69, 9.17) is 4.98 Å². The highest BCUT2D eigenvalue weighted by atomic mass is 79.9. The average molecular weight is 430 g/mol. The van der Waals surface area contributed by atoms with Crippen molar-refractivity contribution in [2.45, 2.75) is 44.7 Å². The Morgan fingerprint density at radius 1 is 1.31 bits per heavy atom. The molecular weight excluding hydrogens is 410 g/mol. The molecular formula is C20H20BrN3OS. The van der Waals surface area contributed by atoms with Crippen LogP contribution in [0.4, 0.5) is 0 Å². The average Bonchev–Trinajstić information content (AvgIpc) is 3.30. The molecule has 0 amide bonds. The van der Waals surface area contributed by atoms with Crippen molar-refractivity contribution in [3.05, 3.63) is 60.9 Å². The van der Waals surface area contributed by atoms with Gasteiger partial charge in [-0.3, -0.25) is 9.69 Å². The highest BCUT2D eigenvalue weighted by Gasteiger charge is 2.27. The zero-order valence-corrected chi connectivity index (χ0v) is 16.8. The van der Waals surface area contributed by atoms with Gasteiger partial charge in [0.1, 0.15) is 10.7 Å². The molecule has 4 nitrogen and oxygen atoms in total. The molecule has 5 rings (SSSR count). The van der Waals surface area contributed by atoms with Gasteiger partial charge in [-0.1, -0.05) is 28.1 Å². The molecule has 26 heavy (non-hydrogen) atoms. The second-order valence-corrected chi connectivity index (χ2v) is 9.23. The summed E-state index contributed by atoms with van der Waals surface area (Å²) in [4.78, 5) is 25.3. The van der Waals surface area contributed by atoms with E-state index in [9.17, 15) is 4.79 Å². The molecule has 3 heterocycles. The Balaban J connectivity index is 1.46. The van der Waals surface area contributed by atoms with Gasteiger partial charge in [0.05, 0.1) is 11.9 Å². The number of nitrogens with one attached hydrogen (secondary N) is 1. The van der Waals surface area contributed by atoms with E-state index in [0.29, 0.717) is 12.6 Å². The van der Waals surface area contributed by atoms with Crippen LogP contribution in [-0.2, 0) is 19.4 Å². The van der Waals surface area contributed by atoms with Crippen LogP contribution in [0.5, 0.6) is 0 Å². The van der Waals surface area contributed by atoms with Crippen molar-refractivity contribution in [1.82, 2.24) is 14.9 Å². The number of aryl methyl sites for hydroxylation is 2. The van der Waals surface area contributed by atoms with Crippen LogP contribution >= 0.6 is 27.3 Å². The van der Waals surface area contributed by atoms with Crippen molar-refractivity contribution in [1.29, 1.82) is 0 Å². The van der Waals surface area contributed by atoms with Crippen LogP contribution in [-0.4, -0.2) is 21.4 Å². The first-order valence-corrected chi connectivity index (χ1v) is 10.8. The summed E-state index contributed by atoms with van der Waals surface area (Å²) in [5, 5.41) is 0.844.